The van der Waals surface area contributed by atoms with Crippen molar-refractivity contribution < 1.29 is 4.74 Å². The highest BCUT2D eigenvalue weighted by Crippen LogP contribution is 2.21. The number of likely N-dealkylation sites (N-methyl/N-ethyl adjacent to an activating group) is 1. The predicted octanol–water partition coefficient (Wildman–Crippen LogP) is 3.29. The van der Waals surface area contributed by atoms with Gasteiger partial charge in [0.15, 0.2) is 0 Å². The van der Waals surface area contributed by atoms with E-state index in [0.29, 0.717) is 0 Å². The van der Waals surface area contributed by atoms with Gasteiger partial charge in [-0.2, -0.15) is 0 Å². The minimum Gasteiger partial charge on any atom is -0.497 e. The minimum absolute atomic E-state index is 0.277. The molecule has 0 bridgehead atoms. The summed E-state index contributed by atoms with van der Waals surface area (Å²) in [6, 6.07) is 10.7. The van der Waals surface area contributed by atoms with Gasteiger partial charge in [-0.1, -0.05) is 25.1 Å². The third kappa shape index (κ3) is 3.81. The van der Waals surface area contributed by atoms with Crippen LogP contribution in [0.4, 0.5) is 0 Å². The first kappa shape index (κ1) is 14.5. The molecule has 1 heterocycles. The van der Waals surface area contributed by atoms with E-state index in [1.54, 1.807) is 7.11 Å². The summed E-state index contributed by atoms with van der Waals surface area (Å²) in [6.45, 7) is 5.13. The molecule has 1 N–H and O–H groups in total. The Morgan fingerprint density at radius 2 is 2.10 bits per heavy atom. The lowest BCUT2D eigenvalue weighted by molar-refractivity contribution is 0.414. The summed E-state index contributed by atoms with van der Waals surface area (Å²) in [5.74, 6) is 0.903. The summed E-state index contributed by atoms with van der Waals surface area (Å²) < 4.78 is 5.29. The van der Waals surface area contributed by atoms with Gasteiger partial charge in [-0.25, -0.2) is 0 Å². The summed E-state index contributed by atoms with van der Waals surface area (Å²) in [4.78, 5) is 4.30. The van der Waals surface area contributed by atoms with Crippen molar-refractivity contribution in [2.75, 3.05) is 13.7 Å². The average molecular weight is 270 g/mol. The number of benzene rings is 1. The van der Waals surface area contributed by atoms with E-state index in [4.69, 9.17) is 4.74 Å². The van der Waals surface area contributed by atoms with Crippen LogP contribution in [0.5, 0.6) is 5.75 Å². The molecule has 1 unspecified atom stereocenters. The second-order valence-corrected chi connectivity index (χ2v) is 4.96. The maximum atomic E-state index is 5.29. The van der Waals surface area contributed by atoms with E-state index >= 15 is 0 Å². The molecule has 1 atom stereocenters. The number of ether oxygens (including phenoxy) is 1. The third-order valence-corrected chi connectivity index (χ3v) is 3.32. The molecule has 0 aliphatic heterocycles. The van der Waals surface area contributed by atoms with Crippen molar-refractivity contribution in [2.45, 2.75) is 26.3 Å². The number of hydrogen-bond donors (Lipinski definition) is 1. The van der Waals surface area contributed by atoms with Crippen LogP contribution in [0.25, 0.3) is 0 Å². The average Bonchev–Trinajstić information content (AvgIpc) is 2.47. The van der Waals surface area contributed by atoms with Crippen LogP contribution in [-0.2, 0) is 6.42 Å². The van der Waals surface area contributed by atoms with Crippen LogP contribution in [0.1, 0.15) is 29.7 Å². The van der Waals surface area contributed by atoms with Crippen molar-refractivity contribution in [2.24, 2.45) is 0 Å². The summed E-state index contributed by atoms with van der Waals surface area (Å²) in [7, 11) is 1.70. The Morgan fingerprint density at radius 3 is 2.80 bits per heavy atom. The van der Waals surface area contributed by atoms with Crippen LogP contribution in [0.3, 0.4) is 0 Å². The van der Waals surface area contributed by atoms with Crippen LogP contribution in [-0.4, -0.2) is 18.6 Å². The summed E-state index contributed by atoms with van der Waals surface area (Å²) >= 11 is 0. The Balaban J connectivity index is 2.20. The number of rotatable bonds is 6. The smallest absolute Gasteiger partial charge is 0.119 e. The molecule has 1 aromatic carbocycles. The molecule has 106 valence electrons. The molecule has 0 saturated heterocycles. The van der Waals surface area contributed by atoms with Gasteiger partial charge in [-0.05, 0) is 48.7 Å². The van der Waals surface area contributed by atoms with Crippen molar-refractivity contribution in [3.05, 3.63) is 59.4 Å². The molecule has 0 saturated carbocycles. The largest absolute Gasteiger partial charge is 0.497 e. The van der Waals surface area contributed by atoms with Gasteiger partial charge < -0.3 is 10.1 Å². The van der Waals surface area contributed by atoms with E-state index in [-0.39, 0.29) is 6.04 Å². The number of nitrogens with zero attached hydrogens (tertiary/aromatic N) is 1. The van der Waals surface area contributed by atoms with Gasteiger partial charge in [0.25, 0.3) is 0 Å². The summed E-state index contributed by atoms with van der Waals surface area (Å²) in [5.41, 5.74) is 3.68. The van der Waals surface area contributed by atoms with Crippen molar-refractivity contribution in [3.8, 4) is 5.75 Å². The summed E-state index contributed by atoms with van der Waals surface area (Å²) in [6.07, 6.45) is 4.76. The fourth-order valence-corrected chi connectivity index (χ4v) is 2.36. The second-order valence-electron chi connectivity index (χ2n) is 4.96. The number of hydrogen-bond acceptors (Lipinski definition) is 3. The molecule has 0 aliphatic rings. The monoisotopic (exact) mass is 270 g/mol. The molecule has 2 rings (SSSR count). The van der Waals surface area contributed by atoms with Crippen LogP contribution in [0, 0.1) is 6.92 Å². The molecule has 1 aromatic heterocycles. The molecule has 0 fully saturated rings. The lowest BCUT2D eigenvalue weighted by Crippen LogP contribution is -2.23. The standard InChI is InChI=1S/C17H22N2O/c1-4-19-17(15-8-13(2)11-18-12-15)10-14-6-5-7-16(9-14)20-3/h5-9,11-12,17,19H,4,10H2,1-3H3. The van der Waals surface area contributed by atoms with E-state index in [1.165, 1.54) is 16.7 Å². The fraction of sp³-hybridized carbons (Fsp3) is 0.353. The highest BCUT2D eigenvalue weighted by atomic mass is 16.5. The van der Waals surface area contributed by atoms with Gasteiger partial charge in [-0.15, -0.1) is 0 Å². The highest BCUT2D eigenvalue weighted by molar-refractivity contribution is 5.30. The Morgan fingerprint density at radius 1 is 1.25 bits per heavy atom. The van der Waals surface area contributed by atoms with E-state index in [2.05, 4.69) is 42.3 Å². The van der Waals surface area contributed by atoms with E-state index in [0.717, 1.165) is 18.7 Å². The van der Waals surface area contributed by atoms with Gasteiger partial charge >= 0.3 is 0 Å². The maximum absolute atomic E-state index is 5.29. The lowest BCUT2D eigenvalue weighted by atomic mass is 9.99. The Bertz CT molecular complexity index is 554. The zero-order valence-corrected chi connectivity index (χ0v) is 12.4. The van der Waals surface area contributed by atoms with Crippen molar-refractivity contribution in [3.63, 3.8) is 0 Å². The van der Waals surface area contributed by atoms with Crippen molar-refractivity contribution in [1.29, 1.82) is 0 Å². The molecule has 0 spiro atoms. The number of methoxy groups -OCH3 is 1. The second kappa shape index (κ2) is 7.06. The highest BCUT2D eigenvalue weighted by Gasteiger charge is 2.12. The molecular weight excluding hydrogens is 248 g/mol. The van der Waals surface area contributed by atoms with E-state index in [1.807, 2.05) is 24.5 Å². The molecule has 3 heteroatoms. The Hall–Kier alpha value is -1.87. The molecule has 0 aliphatic carbocycles. The fourth-order valence-electron chi connectivity index (χ4n) is 2.36. The van der Waals surface area contributed by atoms with Gasteiger partial charge in [0.1, 0.15) is 5.75 Å². The van der Waals surface area contributed by atoms with Gasteiger partial charge in [0, 0.05) is 18.4 Å². The predicted molar refractivity (Wildman–Crippen MR) is 82.1 cm³/mol. The van der Waals surface area contributed by atoms with Gasteiger partial charge in [0.2, 0.25) is 0 Å². The quantitative estimate of drug-likeness (QED) is 0.874. The van der Waals surface area contributed by atoms with Crippen LogP contribution in [0.2, 0.25) is 0 Å². The molecule has 0 radical (unpaired) electrons. The topological polar surface area (TPSA) is 34.1 Å². The molecular formula is C17H22N2O. The number of aromatic nitrogens is 1. The maximum Gasteiger partial charge on any atom is 0.119 e. The number of aryl methyl sites for hydroxylation is 1. The molecule has 0 amide bonds. The van der Waals surface area contributed by atoms with Gasteiger partial charge in [0.05, 0.1) is 7.11 Å². The SMILES string of the molecule is CCNC(Cc1cccc(OC)c1)c1cncc(C)c1. The number of nitrogens with one attached hydrogen (secondary N) is 1. The third-order valence-electron chi connectivity index (χ3n) is 3.32. The normalized spacial score (nSPS) is 12.2. The molecule has 2 aromatic rings. The van der Waals surface area contributed by atoms with E-state index in [9.17, 15) is 0 Å². The van der Waals surface area contributed by atoms with E-state index < -0.39 is 0 Å². The molecule has 20 heavy (non-hydrogen) atoms. The Labute approximate surface area is 121 Å². The first-order valence-electron chi connectivity index (χ1n) is 7.00. The number of pyridine rings is 1. The van der Waals surface area contributed by atoms with Crippen molar-refractivity contribution in [1.82, 2.24) is 10.3 Å². The Kier molecular flexibility index (Phi) is 5.13. The zero-order chi connectivity index (χ0) is 14.4. The summed E-state index contributed by atoms with van der Waals surface area (Å²) in [5, 5.41) is 3.53. The first-order chi connectivity index (χ1) is 9.72. The van der Waals surface area contributed by atoms with Crippen molar-refractivity contribution >= 4 is 0 Å². The lowest BCUT2D eigenvalue weighted by Gasteiger charge is -2.19. The van der Waals surface area contributed by atoms with Gasteiger partial charge in [-0.3, -0.25) is 4.98 Å². The van der Waals surface area contributed by atoms with Crippen LogP contribution in [0.15, 0.2) is 42.7 Å². The zero-order valence-electron chi connectivity index (χ0n) is 12.4. The van der Waals surface area contributed by atoms with Crippen LogP contribution >= 0.6 is 0 Å². The minimum atomic E-state index is 0.277. The van der Waals surface area contributed by atoms with Crippen LogP contribution < -0.4 is 10.1 Å². The molecule has 3 nitrogen and oxygen atoms in total. The first-order valence-corrected chi connectivity index (χ1v) is 7.00.